The highest BCUT2D eigenvalue weighted by Crippen LogP contribution is 2.35. The van der Waals surface area contributed by atoms with Gasteiger partial charge in [0, 0.05) is 27.5 Å². The number of nitrogens with zero attached hydrogens (tertiary/aromatic N) is 1. The van der Waals surface area contributed by atoms with Gasteiger partial charge in [0.1, 0.15) is 5.75 Å². The van der Waals surface area contributed by atoms with Crippen LogP contribution in [0.25, 0.3) is 10.8 Å². The summed E-state index contributed by atoms with van der Waals surface area (Å²) in [5.41, 5.74) is 6.48. The number of aromatic nitrogens is 1. The zero-order chi connectivity index (χ0) is 14.8. The molecule has 106 valence electrons. The molecule has 0 amide bonds. The molecule has 3 aromatic rings. The number of pyridine rings is 1. The molecule has 4 nitrogen and oxygen atoms in total. The SMILES string of the molecule is COc1ccc(N)c(Oc2nccc3c(Br)cccc23)c1. The van der Waals surface area contributed by atoms with E-state index in [0.29, 0.717) is 23.1 Å². The molecule has 0 atom stereocenters. The Balaban J connectivity index is 2.08. The summed E-state index contributed by atoms with van der Waals surface area (Å²) in [5.74, 6) is 1.71. The van der Waals surface area contributed by atoms with Gasteiger partial charge < -0.3 is 15.2 Å². The molecular weight excluding hydrogens is 332 g/mol. The van der Waals surface area contributed by atoms with E-state index in [2.05, 4.69) is 20.9 Å². The van der Waals surface area contributed by atoms with Crippen molar-refractivity contribution in [3.63, 3.8) is 0 Å². The molecule has 1 heterocycles. The molecule has 3 rings (SSSR count). The van der Waals surface area contributed by atoms with E-state index in [-0.39, 0.29) is 0 Å². The van der Waals surface area contributed by atoms with Gasteiger partial charge in [-0.3, -0.25) is 0 Å². The first-order valence-electron chi connectivity index (χ1n) is 6.33. The van der Waals surface area contributed by atoms with Crippen LogP contribution in [-0.2, 0) is 0 Å². The third kappa shape index (κ3) is 2.64. The third-order valence-corrected chi connectivity index (χ3v) is 3.84. The molecule has 0 saturated heterocycles. The fraction of sp³-hybridized carbons (Fsp3) is 0.0625. The number of ether oxygens (including phenoxy) is 2. The van der Waals surface area contributed by atoms with Crippen LogP contribution in [0.15, 0.2) is 53.1 Å². The van der Waals surface area contributed by atoms with Crippen LogP contribution in [0, 0.1) is 0 Å². The monoisotopic (exact) mass is 344 g/mol. The Bertz CT molecular complexity index is 805. The van der Waals surface area contributed by atoms with Crippen molar-refractivity contribution < 1.29 is 9.47 Å². The number of benzene rings is 2. The van der Waals surface area contributed by atoms with Crippen molar-refractivity contribution >= 4 is 32.4 Å². The highest BCUT2D eigenvalue weighted by Gasteiger charge is 2.10. The Kier molecular flexibility index (Phi) is 3.66. The number of halogens is 1. The average molecular weight is 345 g/mol. The zero-order valence-electron chi connectivity index (χ0n) is 11.3. The van der Waals surface area contributed by atoms with Crippen molar-refractivity contribution in [3.05, 3.63) is 53.1 Å². The van der Waals surface area contributed by atoms with Crippen LogP contribution in [0.2, 0.25) is 0 Å². The quantitative estimate of drug-likeness (QED) is 0.716. The van der Waals surface area contributed by atoms with Crippen molar-refractivity contribution in [3.8, 4) is 17.4 Å². The Labute approximate surface area is 130 Å². The summed E-state index contributed by atoms with van der Waals surface area (Å²) in [6, 6.07) is 13.1. The van der Waals surface area contributed by atoms with Gasteiger partial charge in [-0.25, -0.2) is 4.98 Å². The fourth-order valence-corrected chi connectivity index (χ4v) is 2.56. The van der Waals surface area contributed by atoms with Gasteiger partial charge in [0.15, 0.2) is 5.75 Å². The largest absolute Gasteiger partial charge is 0.497 e. The van der Waals surface area contributed by atoms with Gasteiger partial charge >= 0.3 is 0 Å². The molecule has 0 aliphatic rings. The number of hydrogen-bond acceptors (Lipinski definition) is 4. The van der Waals surface area contributed by atoms with Crippen molar-refractivity contribution in [2.45, 2.75) is 0 Å². The molecule has 0 saturated carbocycles. The topological polar surface area (TPSA) is 57.4 Å². The number of rotatable bonds is 3. The van der Waals surface area contributed by atoms with E-state index >= 15 is 0 Å². The lowest BCUT2D eigenvalue weighted by molar-refractivity contribution is 0.408. The predicted octanol–water partition coefficient (Wildman–Crippen LogP) is 4.38. The van der Waals surface area contributed by atoms with Gasteiger partial charge in [-0.15, -0.1) is 0 Å². The van der Waals surface area contributed by atoms with E-state index < -0.39 is 0 Å². The van der Waals surface area contributed by atoms with Crippen LogP contribution in [0.4, 0.5) is 5.69 Å². The molecule has 2 N–H and O–H groups in total. The highest BCUT2D eigenvalue weighted by molar-refractivity contribution is 9.10. The summed E-state index contributed by atoms with van der Waals surface area (Å²) in [7, 11) is 1.60. The van der Waals surface area contributed by atoms with E-state index in [1.807, 2.05) is 24.3 Å². The molecule has 21 heavy (non-hydrogen) atoms. The van der Waals surface area contributed by atoms with Gasteiger partial charge in [-0.2, -0.15) is 0 Å². The molecule has 0 fully saturated rings. The summed E-state index contributed by atoms with van der Waals surface area (Å²) in [6.07, 6.45) is 1.71. The van der Waals surface area contributed by atoms with Crippen LogP contribution in [0.1, 0.15) is 0 Å². The number of anilines is 1. The summed E-state index contributed by atoms with van der Waals surface area (Å²) in [4.78, 5) is 4.30. The van der Waals surface area contributed by atoms with Crippen molar-refractivity contribution in [2.24, 2.45) is 0 Å². The van der Waals surface area contributed by atoms with E-state index in [0.717, 1.165) is 15.2 Å². The van der Waals surface area contributed by atoms with Crippen molar-refractivity contribution in [1.29, 1.82) is 0 Å². The Hall–Kier alpha value is -2.27. The molecule has 0 bridgehead atoms. The second-order valence-electron chi connectivity index (χ2n) is 4.46. The third-order valence-electron chi connectivity index (χ3n) is 3.14. The maximum atomic E-state index is 5.95. The minimum absolute atomic E-state index is 0.508. The first-order chi connectivity index (χ1) is 10.2. The molecular formula is C16H13BrN2O2. The second-order valence-corrected chi connectivity index (χ2v) is 5.31. The smallest absolute Gasteiger partial charge is 0.227 e. The molecule has 0 aliphatic heterocycles. The molecule has 0 spiro atoms. The maximum absolute atomic E-state index is 5.95. The molecule has 2 aromatic carbocycles. The van der Waals surface area contributed by atoms with Gasteiger partial charge in [0.2, 0.25) is 5.88 Å². The lowest BCUT2D eigenvalue weighted by atomic mass is 10.2. The molecule has 0 aliphatic carbocycles. The summed E-state index contributed by atoms with van der Waals surface area (Å²) >= 11 is 3.53. The first-order valence-corrected chi connectivity index (χ1v) is 7.13. The van der Waals surface area contributed by atoms with Crippen LogP contribution in [-0.4, -0.2) is 12.1 Å². The van der Waals surface area contributed by atoms with Crippen LogP contribution in [0.5, 0.6) is 17.4 Å². The van der Waals surface area contributed by atoms with E-state index in [1.54, 1.807) is 31.5 Å². The molecule has 0 radical (unpaired) electrons. The fourth-order valence-electron chi connectivity index (χ4n) is 2.06. The lowest BCUT2D eigenvalue weighted by Gasteiger charge is -2.11. The molecule has 5 heteroatoms. The maximum Gasteiger partial charge on any atom is 0.227 e. The van der Waals surface area contributed by atoms with E-state index in [1.165, 1.54) is 0 Å². The van der Waals surface area contributed by atoms with Gasteiger partial charge in [-0.05, 0) is 30.3 Å². The Morgan fingerprint density at radius 3 is 2.76 bits per heavy atom. The molecule has 0 unspecified atom stereocenters. The number of methoxy groups -OCH3 is 1. The number of fused-ring (bicyclic) bond motifs is 1. The van der Waals surface area contributed by atoms with E-state index in [9.17, 15) is 0 Å². The van der Waals surface area contributed by atoms with E-state index in [4.69, 9.17) is 15.2 Å². The minimum Gasteiger partial charge on any atom is -0.497 e. The Morgan fingerprint density at radius 2 is 1.95 bits per heavy atom. The normalized spacial score (nSPS) is 10.6. The highest BCUT2D eigenvalue weighted by atomic mass is 79.9. The number of hydrogen-bond donors (Lipinski definition) is 1. The van der Waals surface area contributed by atoms with Crippen LogP contribution < -0.4 is 15.2 Å². The van der Waals surface area contributed by atoms with Gasteiger partial charge in [0.05, 0.1) is 12.8 Å². The standard InChI is InChI=1S/C16H13BrN2O2/c1-20-10-5-6-14(18)15(9-10)21-16-12-3-2-4-13(17)11(12)7-8-19-16/h2-9H,18H2,1H3. The van der Waals surface area contributed by atoms with Crippen molar-refractivity contribution in [2.75, 3.05) is 12.8 Å². The Morgan fingerprint density at radius 1 is 1.10 bits per heavy atom. The average Bonchev–Trinajstić information content (AvgIpc) is 2.50. The lowest BCUT2D eigenvalue weighted by Crippen LogP contribution is -1.95. The van der Waals surface area contributed by atoms with Crippen LogP contribution >= 0.6 is 15.9 Å². The molecule has 1 aromatic heterocycles. The summed E-state index contributed by atoms with van der Waals surface area (Å²) in [6.45, 7) is 0. The predicted molar refractivity (Wildman–Crippen MR) is 86.9 cm³/mol. The van der Waals surface area contributed by atoms with Crippen LogP contribution in [0.3, 0.4) is 0 Å². The second kappa shape index (κ2) is 5.61. The number of nitrogen functional groups attached to an aromatic ring is 1. The van der Waals surface area contributed by atoms with Crippen molar-refractivity contribution in [1.82, 2.24) is 4.98 Å². The number of nitrogens with two attached hydrogens (primary N) is 1. The minimum atomic E-state index is 0.508. The summed E-state index contributed by atoms with van der Waals surface area (Å²) < 4.78 is 12.1. The van der Waals surface area contributed by atoms with Gasteiger partial charge in [-0.1, -0.05) is 22.0 Å². The summed E-state index contributed by atoms with van der Waals surface area (Å²) in [5, 5.41) is 1.94. The van der Waals surface area contributed by atoms with Gasteiger partial charge in [0.25, 0.3) is 0 Å². The first kappa shape index (κ1) is 13.7. The zero-order valence-corrected chi connectivity index (χ0v) is 12.9.